The molecule has 2 aliphatic rings. The average Bonchev–Trinajstić information content (AvgIpc) is 2.58. The molecular formula is C16H25N3O3S. The standard InChI is InChI=1S/C16H25N3O3S/c1-13-7-10-18(12-15(13)20)16-6-5-14(11-17-16)23(21,22)19-8-3-2-4-9-19/h5-6,11,13,15,20H,2-4,7-10,12H2,1H3. The first-order chi connectivity index (χ1) is 11.0. The number of aromatic nitrogens is 1. The Morgan fingerprint density at radius 3 is 2.52 bits per heavy atom. The summed E-state index contributed by atoms with van der Waals surface area (Å²) in [5, 5.41) is 9.99. The van der Waals surface area contributed by atoms with E-state index in [4.69, 9.17) is 0 Å². The Hall–Kier alpha value is -1.18. The van der Waals surface area contributed by atoms with E-state index in [-0.39, 0.29) is 11.0 Å². The Balaban J connectivity index is 1.74. The van der Waals surface area contributed by atoms with Crippen molar-refractivity contribution in [2.24, 2.45) is 5.92 Å². The molecule has 128 valence electrons. The predicted octanol–water partition coefficient (Wildman–Crippen LogP) is 1.46. The lowest BCUT2D eigenvalue weighted by atomic mass is 9.96. The number of aliphatic hydroxyl groups is 1. The molecule has 0 aliphatic carbocycles. The fraction of sp³-hybridized carbons (Fsp3) is 0.688. The van der Waals surface area contributed by atoms with Crippen LogP contribution in [0.3, 0.4) is 0 Å². The second-order valence-corrected chi connectivity index (χ2v) is 8.53. The highest BCUT2D eigenvalue weighted by atomic mass is 32.2. The van der Waals surface area contributed by atoms with E-state index in [1.807, 2.05) is 11.8 Å². The lowest BCUT2D eigenvalue weighted by Crippen LogP contribution is -2.43. The van der Waals surface area contributed by atoms with Crippen LogP contribution in [0.2, 0.25) is 0 Å². The summed E-state index contributed by atoms with van der Waals surface area (Å²) in [6.07, 6.45) is 4.95. The maximum atomic E-state index is 12.6. The van der Waals surface area contributed by atoms with Crippen molar-refractivity contribution in [1.82, 2.24) is 9.29 Å². The molecule has 2 unspecified atom stereocenters. The molecule has 0 bridgehead atoms. The van der Waals surface area contributed by atoms with Crippen molar-refractivity contribution in [2.45, 2.75) is 43.6 Å². The minimum Gasteiger partial charge on any atom is -0.391 e. The second-order valence-electron chi connectivity index (χ2n) is 6.60. The molecule has 0 amide bonds. The van der Waals surface area contributed by atoms with Gasteiger partial charge in [0.15, 0.2) is 0 Å². The molecule has 2 aliphatic heterocycles. The Kier molecular flexibility index (Phi) is 4.89. The Morgan fingerprint density at radius 2 is 1.91 bits per heavy atom. The van der Waals surface area contributed by atoms with E-state index in [0.717, 1.165) is 38.0 Å². The number of sulfonamides is 1. The van der Waals surface area contributed by atoms with Crippen LogP contribution in [0.4, 0.5) is 5.82 Å². The minimum atomic E-state index is -3.43. The van der Waals surface area contributed by atoms with Crippen LogP contribution in [-0.2, 0) is 10.0 Å². The molecule has 0 aromatic carbocycles. The van der Waals surface area contributed by atoms with E-state index in [9.17, 15) is 13.5 Å². The molecule has 3 heterocycles. The topological polar surface area (TPSA) is 73.7 Å². The number of rotatable bonds is 3. The summed E-state index contributed by atoms with van der Waals surface area (Å²) in [5.41, 5.74) is 0. The molecule has 2 fully saturated rings. The summed E-state index contributed by atoms with van der Waals surface area (Å²) < 4.78 is 26.8. The van der Waals surface area contributed by atoms with Crippen LogP contribution in [0.15, 0.2) is 23.2 Å². The molecule has 3 rings (SSSR count). The molecule has 2 atom stereocenters. The van der Waals surface area contributed by atoms with Crippen LogP contribution in [0, 0.1) is 5.92 Å². The van der Waals surface area contributed by atoms with Gasteiger partial charge < -0.3 is 10.0 Å². The number of piperidine rings is 2. The smallest absolute Gasteiger partial charge is 0.244 e. The number of hydrogen-bond acceptors (Lipinski definition) is 5. The summed E-state index contributed by atoms with van der Waals surface area (Å²) in [6.45, 7) is 4.63. The van der Waals surface area contributed by atoms with Crippen LogP contribution >= 0.6 is 0 Å². The molecule has 23 heavy (non-hydrogen) atoms. The van der Waals surface area contributed by atoms with Crippen molar-refractivity contribution in [2.75, 3.05) is 31.1 Å². The van der Waals surface area contributed by atoms with Gasteiger partial charge >= 0.3 is 0 Å². The fourth-order valence-corrected chi connectivity index (χ4v) is 4.69. The summed E-state index contributed by atoms with van der Waals surface area (Å²) in [4.78, 5) is 6.61. The van der Waals surface area contributed by atoms with Crippen LogP contribution < -0.4 is 4.90 Å². The van der Waals surface area contributed by atoms with E-state index in [1.165, 1.54) is 6.20 Å². The molecule has 0 saturated carbocycles. The molecule has 1 aromatic heterocycles. The van der Waals surface area contributed by atoms with Crippen molar-refractivity contribution in [1.29, 1.82) is 0 Å². The van der Waals surface area contributed by atoms with Crippen LogP contribution in [0.1, 0.15) is 32.6 Å². The fourth-order valence-electron chi connectivity index (χ4n) is 3.22. The van der Waals surface area contributed by atoms with Crippen molar-refractivity contribution < 1.29 is 13.5 Å². The molecule has 7 heteroatoms. The second kappa shape index (κ2) is 6.75. The quantitative estimate of drug-likeness (QED) is 0.902. The van der Waals surface area contributed by atoms with Gasteiger partial charge in [0.2, 0.25) is 10.0 Å². The number of hydrogen-bond donors (Lipinski definition) is 1. The Morgan fingerprint density at radius 1 is 1.17 bits per heavy atom. The number of aliphatic hydroxyl groups excluding tert-OH is 1. The van der Waals surface area contributed by atoms with Gasteiger partial charge in [-0.15, -0.1) is 0 Å². The molecule has 6 nitrogen and oxygen atoms in total. The van der Waals surface area contributed by atoms with E-state index in [0.29, 0.717) is 25.6 Å². The van der Waals surface area contributed by atoms with Crippen LogP contribution in [0.25, 0.3) is 0 Å². The first-order valence-electron chi connectivity index (χ1n) is 8.38. The van der Waals surface area contributed by atoms with Crippen LogP contribution in [-0.4, -0.2) is 55.1 Å². The van der Waals surface area contributed by atoms with Gasteiger partial charge in [-0.3, -0.25) is 0 Å². The maximum Gasteiger partial charge on any atom is 0.244 e. The highest BCUT2D eigenvalue weighted by molar-refractivity contribution is 7.89. The summed E-state index contributed by atoms with van der Waals surface area (Å²) in [5.74, 6) is 1.03. The van der Waals surface area contributed by atoms with Gasteiger partial charge in [0.1, 0.15) is 10.7 Å². The van der Waals surface area contributed by atoms with Gasteiger partial charge in [0.25, 0.3) is 0 Å². The molecule has 1 N–H and O–H groups in total. The predicted molar refractivity (Wildman–Crippen MR) is 88.8 cm³/mol. The largest absolute Gasteiger partial charge is 0.391 e. The van der Waals surface area contributed by atoms with E-state index in [2.05, 4.69) is 4.98 Å². The zero-order chi connectivity index (χ0) is 16.4. The normalized spacial score (nSPS) is 27.1. The van der Waals surface area contributed by atoms with Gasteiger partial charge in [0, 0.05) is 32.4 Å². The van der Waals surface area contributed by atoms with Crippen molar-refractivity contribution in [3.8, 4) is 0 Å². The van der Waals surface area contributed by atoms with Gasteiger partial charge in [-0.2, -0.15) is 4.31 Å². The van der Waals surface area contributed by atoms with Gasteiger partial charge in [-0.25, -0.2) is 13.4 Å². The molecule has 0 radical (unpaired) electrons. The average molecular weight is 339 g/mol. The van der Waals surface area contributed by atoms with Crippen LogP contribution in [0.5, 0.6) is 0 Å². The van der Waals surface area contributed by atoms with E-state index < -0.39 is 10.0 Å². The van der Waals surface area contributed by atoms with E-state index in [1.54, 1.807) is 16.4 Å². The number of β-amino-alcohol motifs (C(OH)–C–C–N with tert-alkyl or cyclic N) is 1. The first-order valence-corrected chi connectivity index (χ1v) is 9.82. The lowest BCUT2D eigenvalue weighted by Gasteiger charge is -2.35. The van der Waals surface area contributed by atoms with Gasteiger partial charge in [0.05, 0.1) is 6.10 Å². The SMILES string of the molecule is CC1CCN(c2ccc(S(=O)(=O)N3CCCCC3)cn2)CC1O. The van der Waals surface area contributed by atoms with Crippen molar-refractivity contribution >= 4 is 15.8 Å². The molecule has 0 spiro atoms. The maximum absolute atomic E-state index is 12.6. The lowest BCUT2D eigenvalue weighted by molar-refractivity contribution is 0.102. The molecule has 2 saturated heterocycles. The minimum absolute atomic E-state index is 0.258. The van der Waals surface area contributed by atoms with E-state index >= 15 is 0 Å². The van der Waals surface area contributed by atoms with Gasteiger partial charge in [-0.05, 0) is 37.3 Å². The Bertz CT molecular complexity index is 626. The van der Waals surface area contributed by atoms with Crippen molar-refractivity contribution in [3.05, 3.63) is 18.3 Å². The van der Waals surface area contributed by atoms with Gasteiger partial charge in [-0.1, -0.05) is 13.3 Å². The molecular weight excluding hydrogens is 314 g/mol. The summed E-state index contributed by atoms with van der Waals surface area (Å²) in [6, 6.07) is 3.39. The summed E-state index contributed by atoms with van der Waals surface area (Å²) in [7, 11) is -3.43. The highest BCUT2D eigenvalue weighted by Crippen LogP contribution is 2.24. The number of anilines is 1. The number of pyridine rings is 1. The number of nitrogens with zero attached hydrogens (tertiary/aromatic N) is 3. The molecule has 1 aromatic rings. The first kappa shape index (κ1) is 16.7. The monoisotopic (exact) mass is 339 g/mol. The third-order valence-corrected chi connectivity index (χ3v) is 6.80. The Labute approximate surface area is 138 Å². The third kappa shape index (κ3) is 3.51. The zero-order valence-electron chi connectivity index (χ0n) is 13.6. The zero-order valence-corrected chi connectivity index (χ0v) is 14.4. The van der Waals surface area contributed by atoms with Crippen molar-refractivity contribution in [3.63, 3.8) is 0 Å². The highest BCUT2D eigenvalue weighted by Gasteiger charge is 2.28. The summed E-state index contributed by atoms with van der Waals surface area (Å²) >= 11 is 0. The third-order valence-electron chi connectivity index (χ3n) is 4.92.